The van der Waals surface area contributed by atoms with Crippen molar-refractivity contribution in [2.45, 2.75) is 6.54 Å². The van der Waals surface area contributed by atoms with Gasteiger partial charge in [-0.25, -0.2) is 0 Å². The second kappa shape index (κ2) is 3.72. The number of aromatic nitrogens is 2. The van der Waals surface area contributed by atoms with Gasteiger partial charge < -0.3 is 5.73 Å². The molecule has 0 amide bonds. The largest absolute Gasteiger partial charge is 0.396 e. The van der Waals surface area contributed by atoms with Crippen molar-refractivity contribution >= 4 is 17.3 Å². The highest BCUT2D eigenvalue weighted by Crippen LogP contribution is 2.10. The van der Waals surface area contributed by atoms with Gasteiger partial charge in [-0.1, -0.05) is 23.7 Å². The van der Waals surface area contributed by atoms with Crippen LogP contribution >= 0.6 is 11.6 Å². The molecule has 0 aliphatic heterocycles. The van der Waals surface area contributed by atoms with Crippen molar-refractivity contribution < 1.29 is 0 Å². The Balaban J connectivity index is 2.15. The third-order valence-electron chi connectivity index (χ3n) is 1.91. The van der Waals surface area contributed by atoms with Crippen molar-refractivity contribution in [2.75, 3.05) is 5.73 Å². The van der Waals surface area contributed by atoms with Gasteiger partial charge in [0.1, 0.15) is 0 Å². The van der Waals surface area contributed by atoms with Gasteiger partial charge >= 0.3 is 0 Å². The third kappa shape index (κ3) is 2.06. The molecular formula is C10H10ClN3. The van der Waals surface area contributed by atoms with Crippen molar-refractivity contribution in [1.82, 2.24) is 9.78 Å². The summed E-state index contributed by atoms with van der Waals surface area (Å²) in [5.74, 6) is 0. The van der Waals surface area contributed by atoms with Crippen molar-refractivity contribution in [3.63, 3.8) is 0 Å². The van der Waals surface area contributed by atoms with Gasteiger partial charge in [0.15, 0.2) is 0 Å². The van der Waals surface area contributed by atoms with Crippen LogP contribution in [0.5, 0.6) is 0 Å². The molecule has 1 heterocycles. The summed E-state index contributed by atoms with van der Waals surface area (Å²) in [5, 5.41) is 4.84. The van der Waals surface area contributed by atoms with Gasteiger partial charge in [-0.3, -0.25) is 4.68 Å². The Bertz CT molecular complexity index is 419. The zero-order valence-electron chi connectivity index (χ0n) is 7.52. The van der Waals surface area contributed by atoms with E-state index in [4.69, 9.17) is 17.3 Å². The molecule has 0 aliphatic rings. The number of hydrogen-bond donors (Lipinski definition) is 1. The average Bonchev–Trinajstić information content (AvgIpc) is 2.56. The van der Waals surface area contributed by atoms with Gasteiger partial charge in [0.05, 0.1) is 18.4 Å². The molecule has 0 bridgehead atoms. The minimum absolute atomic E-state index is 0.680. The number of halogens is 1. The summed E-state index contributed by atoms with van der Waals surface area (Å²) in [6.45, 7) is 0.717. The van der Waals surface area contributed by atoms with Crippen molar-refractivity contribution in [1.29, 1.82) is 0 Å². The van der Waals surface area contributed by atoms with E-state index in [2.05, 4.69) is 5.10 Å². The van der Waals surface area contributed by atoms with Crippen LogP contribution in [0.4, 0.5) is 5.69 Å². The predicted octanol–water partition coefficient (Wildman–Crippen LogP) is 2.17. The first-order valence-corrected chi connectivity index (χ1v) is 4.64. The van der Waals surface area contributed by atoms with Crippen molar-refractivity contribution in [2.24, 2.45) is 0 Å². The number of nitrogen functional groups attached to an aromatic ring is 1. The number of nitrogens with two attached hydrogens (primary N) is 1. The van der Waals surface area contributed by atoms with Crippen LogP contribution in [0.15, 0.2) is 36.7 Å². The Labute approximate surface area is 87.1 Å². The third-order valence-corrected chi connectivity index (χ3v) is 2.16. The van der Waals surface area contributed by atoms with Gasteiger partial charge in [-0.15, -0.1) is 0 Å². The van der Waals surface area contributed by atoms with Crippen LogP contribution in [-0.2, 0) is 6.54 Å². The Hall–Kier alpha value is -1.48. The maximum Gasteiger partial charge on any atom is 0.0719 e. The number of nitrogens with zero attached hydrogens (tertiary/aromatic N) is 2. The van der Waals surface area contributed by atoms with Gasteiger partial charge in [0, 0.05) is 11.2 Å². The van der Waals surface area contributed by atoms with E-state index in [-0.39, 0.29) is 0 Å². The molecule has 14 heavy (non-hydrogen) atoms. The monoisotopic (exact) mass is 207 g/mol. The molecule has 2 rings (SSSR count). The lowest BCUT2D eigenvalue weighted by Gasteiger charge is -2.01. The summed E-state index contributed by atoms with van der Waals surface area (Å²) in [7, 11) is 0. The molecule has 0 saturated carbocycles. The van der Waals surface area contributed by atoms with Crippen LogP contribution in [0.3, 0.4) is 0 Å². The molecule has 2 aromatic rings. The Morgan fingerprint density at radius 1 is 1.29 bits per heavy atom. The molecule has 3 nitrogen and oxygen atoms in total. The van der Waals surface area contributed by atoms with E-state index >= 15 is 0 Å². The predicted molar refractivity (Wildman–Crippen MR) is 57.2 cm³/mol. The molecule has 0 radical (unpaired) electrons. The van der Waals surface area contributed by atoms with E-state index in [1.807, 2.05) is 24.3 Å². The molecule has 4 heteroatoms. The normalized spacial score (nSPS) is 10.4. The first kappa shape index (κ1) is 9.09. The van der Waals surface area contributed by atoms with Crippen LogP contribution in [0.25, 0.3) is 0 Å². The zero-order chi connectivity index (χ0) is 9.97. The summed E-state index contributed by atoms with van der Waals surface area (Å²) in [6.07, 6.45) is 3.44. The van der Waals surface area contributed by atoms with Crippen molar-refractivity contribution in [3.8, 4) is 0 Å². The minimum Gasteiger partial charge on any atom is -0.396 e. The smallest absolute Gasteiger partial charge is 0.0719 e. The highest BCUT2D eigenvalue weighted by molar-refractivity contribution is 6.30. The number of benzene rings is 1. The van der Waals surface area contributed by atoms with E-state index < -0.39 is 0 Å². The number of anilines is 1. The summed E-state index contributed by atoms with van der Waals surface area (Å²) >= 11 is 5.78. The molecule has 0 spiro atoms. The summed E-state index contributed by atoms with van der Waals surface area (Å²) in [6, 6.07) is 7.67. The SMILES string of the molecule is Nc1cnn(Cc2ccc(Cl)cc2)c1. The lowest BCUT2D eigenvalue weighted by Crippen LogP contribution is -1.99. The van der Waals surface area contributed by atoms with Gasteiger partial charge in [0.25, 0.3) is 0 Å². The molecule has 0 unspecified atom stereocenters. The van der Waals surface area contributed by atoms with Gasteiger partial charge in [0.2, 0.25) is 0 Å². The lowest BCUT2D eigenvalue weighted by molar-refractivity contribution is 0.687. The first-order chi connectivity index (χ1) is 6.74. The summed E-state index contributed by atoms with van der Waals surface area (Å²) in [5.41, 5.74) is 7.38. The fourth-order valence-electron chi connectivity index (χ4n) is 1.24. The molecule has 72 valence electrons. The second-order valence-corrected chi connectivity index (χ2v) is 3.53. The first-order valence-electron chi connectivity index (χ1n) is 4.26. The molecule has 0 fully saturated rings. The highest BCUT2D eigenvalue weighted by atomic mass is 35.5. The van der Waals surface area contributed by atoms with E-state index in [1.165, 1.54) is 0 Å². The van der Waals surface area contributed by atoms with Crippen molar-refractivity contribution in [3.05, 3.63) is 47.2 Å². The molecule has 0 atom stereocenters. The maximum absolute atomic E-state index is 5.78. The van der Waals surface area contributed by atoms with Gasteiger partial charge in [-0.05, 0) is 17.7 Å². The van der Waals surface area contributed by atoms with E-state index in [0.717, 1.165) is 10.6 Å². The van der Waals surface area contributed by atoms with E-state index in [0.29, 0.717) is 12.2 Å². The molecule has 1 aromatic heterocycles. The number of rotatable bonds is 2. The Kier molecular flexibility index (Phi) is 2.41. The van der Waals surface area contributed by atoms with Crippen LogP contribution in [-0.4, -0.2) is 9.78 Å². The molecule has 0 aliphatic carbocycles. The Morgan fingerprint density at radius 2 is 2.00 bits per heavy atom. The standard InChI is InChI=1S/C10H10ClN3/c11-9-3-1-8(2-4-9)6-14-7-10(12)5-13-14/h1-5,7H,6,12H2. The van der Waals surface area contributed by atoms with Crippen LogP contribution < -0.4 is 5.73 Å². The van der Waals surface area contributed by atoms with E-state index in [1.54, 1.807) is 17.1 Å². The Morgan fingerprint density at radius 3 is 2.57 bits per heavy atom. The fourth-order valence-corrected chi connectivity index (χ4v) is 1.37. The van der Waals surface area contributed by atoms with Crippen LogP contribution in [0.2, 0.25) is 5.02 Å². The quantitative estimate of drug-likeness (QED) is 0.820. The van der Waals surface area contributed by atoms with Crippen LogP contribution in [0.1, 0.15) is 5.56 Å². The zero-order valence-corrected chi connectivity index (χ0v) is 8.28. The molecular weight excluding hydrogens is 198 g/mol. The summed E-state index contributed by atoms with van der Waals surface area (Å²) in [4.78, 5) is 0. The number of hydrogen-bond acceptors (Lipinski definition) is 2. The molecule has 1 aromatic carbocycles. The fraction of sp³-hybridized carbons (Fsp3) is 0.100. The molecule has 0 saturated heterocycles. The second-order valence-electron chi connectivity index (χ2n) is 3.10. The minimum atomic E-state index is 0.680. The van der Waals surface area contributed by atoms with E-state index in [9.17, 15) is 0 Å². The van der Waals surface area contributed by atoms with Crippen LogP contribution in [0, 0.1) is 0 Å². The topological polar surface area (TPSA) is 43.8 Å². The summed E-state index contributed by atoms with van der Waals surface area (Å²) < 4.78 is 1.79. The average molecular weight is 208 g/mol. The lowest BCUT2D eigenvalue weighted by atomic mass is 10.2. The van der Waals surface area contributed by atoms with Gasteiger partial charge in [-0.2, -0.15) is 5.10 Å². The maximum atomic E-state index is 5.78. The highest BCUT2D eigenvalue weighted by Gasteiger charge is 1.96. The molecule has 2 N–H and O–H groups in total.